The van der Waals surface area contributed by atoms with E-state index < -0.39 is 28.5 Å². The number of benzene rings is 2. The van der Waals surface area contributed by atoms with Gasteiger partial charge in [-0.25, -0.2) is 9.37 Å². The maximum absolute atomic E-state index is 13.0. The Balaban J connectivity index is 1.86. The maximum atomic E-state index is 13.0. The van der Waals surface area contributed by atoms with Crippen LogP contribution in [0.25, 0.3) is 0 Å². The highest BCUT2D eigenvalue weighted by Crippen LogP contribution is 2.37. The molecular formula is C19H11ClF4N2O2. The molecule has 1 aromatic heterocycles. The number of aromatic nitrogens is 1. The van der Waals surface area contributed by atoms with Gasteiger partial charge in [-0.2, -0.15) is 13.2 Å². The fourth-order valence-corrected chi connectivity index (χ4v) is 2.50. The Morgan fingerprint density at radius 1 is 1.07 bits per heavy atom. The van der Waals surface area contributed by atoms with E-state index >= 15 is 0 Å². The molecule has 28 heavy (non-hydrogen) atoms. The second-order valence-electron chi connectivity index (χ2n) is 5.56. The van der Waals surface area contributed by atoms with Crippen LogP contribution in [0.1, 0.15) is 15.9 Å². The predicted molar refractivity (Wildman–Crippen MR) is 95.1 cm³/mol. The highest BCUT2D eigenvalue weighted by molar-refractivity contribution is 6.31. The zero-order chi connectivity index (χ0) is 20.3. The summed E-state index contributed by atoms with van der Waals surface area (Å²) in [7, 11) is 0. The summed E-state index contributed by atoms with van der Waals surface area (Å²) in [4.78, 5) is 16.4. The summed E-state index contributed by atoms with van der Waals surface area (Å²) in [6.45, 7) is 0. The van der Waals surface area contributed by atoms with Crippen molar-refractivity contribution < 1.29 is 27.1 Å². The van der Waals surface area contributed by atoms with Crippen LogP contribution in [0, 0.1) is 5.82 Å². The van der Waals surface area contributed by atoms with Gasteiger partial charge >= 0.3 is 6.18 Å². The lowest BCUT2D eigenvalue weighted by molar-refractivity contribution is -0.137. The number of hydrogen-bond acceptors (Lipinski definition) is 3. The summed E-state index contributed by atoms with van der Waals surface area (Å²) in [6, 6.07) is 10.9. The van der Waals surface area contributed by atoms with Crippen LogP contribution >= 0.6 is 11.6 Å². The molecule has 0 aliphatic carbocycles. The highest BCUT2D eigenvalue weighted by atomic mass is 35.5. The Hall–Kier alpha value is -3.13. The van der Waals surface area contributed by atoms with Crippen LogP contribution in [0.2, 0.25) is 5.02 Å². The van der Waals surface area contributed by atoms with Gasteiger partial charge in [0.25, 0.3) is 5.91 Å². The van der Waals surface area contributed by atoms with Crippen LogP contribution in [0.4, 0.5) is 23.2 Å². The van der Waals surface area contributed by atoms with E-state index in [2.05, 4.69) is 10.3 Å². The fourth-order valence-electron chi connectivity index (χ4n) is 2.27. The minimum absolute atomic E-state index is 0.0182. The van der Waals surface area contributed by atoms with Gasteiger partial charge in [0.15, 0.2) is 0 Å². The van der Waals surface area contributed by atoms with Crippen molar-refractivity contribution in [2.45, 2.75) is 6.18 Å². The normalized spacial score (nSPS) is 11.2. The van der Waals surface area contributed by atoms with E-state index in [0.29, 0.717) is 5.69 Å². The Kier molecular flexibility index (Phi) is 5.51. The number of carbonyl (C=O) groups is 1. The highest BCUT2D eigenvalue weighted by Gasteiger charge is 2.33. The molecule has 0 bridgehead atoms. The Morgan fingerprint density at radius 2 is 1.79 bits per heavy atom. The van der Waals surface area contributed by atoms with E-state index in [1.807, 2.05) is 0 Å². The first-order valence-electron chi connectivity index (χ1n) is 7.80. The molecule has 0 fully saturated rings. The average Bonchev–Trinajstić information content (AvgIpc) is 2.64. The number of nitrogens with zero attached hydrogens (tertiary/aromatic N) is 1. The Morgan fingerprint density at radius 3 is 2.46 bits per heavy atom. The van der Waals surface area contributed by atoms with E-state index in [4.69, 9.17) is 16.3 Å². The lowest BCUT2D eigenvalue weighted by Gasteiger charge is -2.13. The van der Waals surface area contributed by atoms with Crippen molar-refractivity contribution in [3.63, 3.8) is 0 Å². The molecule has 1 amide bonds. The van der Waals surface area contributed by atoms with Crippen LogP contribution < -0.4 is 10.1 Å². The van der Waals surface area contributed by atoms with Crippen LogP contribution in [0.15, 0.2) is 60.8 Å². The van der Waals surface area contributed by atoms with Crippen LogP contribution in [-0.4, -0.2) is 10.9 Å². The summed E-state index contributed by atoms with van der Waals surface area (Å²) >= 11 is 5.58. The monoisotopic (exact) mass is 410 g/mol. The van der Waals surface area contributed by atoms with E-state index in [0.717, 1.165) is 12.1 Å². The lowest BCUT2D eigenvalue weighted by atomic mass is 10.2. The van der Waals surface area contributed by atoms with Crippen molar-refractivity contribution in [2.75, 3.05) is 5.32 Å². The molecule has 0 aliphatic rings. The maximum Gasteiger partial charge on any atom is 0.417 e. The zero-order valence-corrected chi connectivity index (χ0v) is 14.7. The number of pyridine rings is 1. The first-order chi connectivity index (χ1) is 13.2. The number of halogens is 5. The van der Waals surface area contributed by atoms with Crippen molar-refractivity contribution in [3.05, 3.63) is 82.8 Å². The smallest absolute Gasteiger partial charge is 0.417 e. The molecule has 144 valence electrons. The van der Waals surface area contributed by atoms with E-state index in [1.165, 1.54) is 48.7 Å². The van der Waals surface area contributed by atoms with Crippen LogP contribution in [0.5, 0.6) is 11.6 Å². The van der Waals surface area contributed by atoms with Gasteiger partial charge in [0.2, 0.25) is 5.88 Å². The van der Waals surface area contributed by atoms with Crippen LogP contribution in [-0.2, 0) is 6.18 Å². The predicted octanol–water partition coefficient (Wildman–Crippen LogP) is 5.94. The van der Waals surface area contributed by atoms with E-state index in [-0.39, 0.29) is 17.2 Å². The van der Waals surface area contributed by atoms with Gasteiger partial charge in [-0.05, 0) is 54.6 Å². The third kappa shape index (κ3) is 4.58. The molecule has 2 aromatic carbocycles. The topological polar surface area (TPSA) is 51.2 Å². The SMILES string of the molecule is O=C(Nc1ccc(F)cc1)c1cccnc1Oc1ccc(Cl)c(C(F)(F)F)c1. The van der Waals surface area contributed by atoms with Gasteiger partial charge in [-0.1, -0.05) is 11.6 Å². The van der Waals surface area contributed by atoms with Crippen molar-refractivity contribution >= 4 is 23.2 Å². The van der Waals surface area contributed by atoms with Gasteiger partial charge in [0.05, 0.1) is 10.6 Å². The third-order valence-corrected chi connectivity index (χ3v) is 3.91. The standard InChI is InChI=1S/C19H11ClF4N2O2/c20-16-8-7-13(10-15(16)19(22,23)24)28-18-14(2-1-9-25-18)17(27)26-12-5-3-11(21)4-6-12/h1-10H,(H,26,27). The minimum atomic E-state index is -4.66. The molecule has 4 nitrogen and oxygen atoms in total. The summed E-state index contributed by atoms with van der Waals surface area (Å²) in [5.74, 6) is -1.48. The first kappa shape index (κ1) is 19.6. The number of alkyl halides is 3. The van der Waals surface area contributed by atoms with E-state index in [1.54, 1.807) is 0 Å². The average molecular weight is 411 g/mol. The van der Waals surface area contributed by atoms with Crippen molar-refractivity contribution in [2.24, 2.45) is 0 Å². The van der Waals surface area contributed by atoms with Gasteiger partial charge < -0.3 is 10.1 Å². The van der Waals surface area contributed by atoms with Crippen molar-refractivity contribution in [1.29, 1.82) is 0 Å². The molecule has 0 unspecified atom stereocenters. The lowest BCUT2D eigenvalue weighted by Crippen LogP contribution is -2.13. The number of amides is 1. The van der Waals surface area contributed by atoms with Gasteiger partial charge in [-0.15, -0.1) is 0 Å². The molecule has 3 rings (SSSR count). The largest absolute Gasteiger partial charge is 0.438 e. The molecule has 9 heteroatoms. The summed E-state index contributed by atoms with van der Waals surface area (Å²) < 4.78 is 57.4. The zero-order valence-electron chi connectivity index (χ0n) is 13.9. The molecule has 0 saturated heterocycles. The van der Waals surface area contributed by atoms with Gasteiger partial charge in [-0.3, -0.25) is 4.79 Å². The molecular weight excluding hydrogens is 400 g/mol. The van der Waals surface area contributed by atoms with Gasteiger partial charge in [0.1, 0.15) is 17.1 Å². The number of hydrogen-bond donors (Lipinski definition) is 1. The van der Waals surface area contributed by atoms with Gasteiger partial charge in [0, 0.05) is 11.9 Å². The number of anilines is 1. The number of ether oxygens (including phenoxy) is 1. The molecule has 0 spiro atoms. The Labute approximate surface area is 161 Å². The third-order valence-electron chi connectivity index (χ3n) is 3.58. The molecule has 0 atom stereocenters. The molecule has 0 radical (unpaired) electrons. The summed E-state index contributed by atoms with van der Waals surface area (Å²) in [6.07, 6.45) is -3.34. The second kappa shape index (κ2) is 7.85. The molecule has 0 aliphatic heterocycles. The molecule has 3 aromatic rings. The van der Waals surface area contributed by atoms with E-state index in [9.17, 15) is 22.4 Å². The van der Waals surface area contributed by atoms with Crippen LogP contribution in [0.3, 0.4) is 0 Å². The van der Waals surface area contributed by atoms with Crippen molar-refractivity contribution in [1.82, 2.24) is 4.98 Å². The molecule has 1 heterocycles. The second-order valence-corrected chi connectivity index (χ2v) is 5.97. The van der Waals surface area contributed by atoms with Crippen molar-refractivity contribution in [3.8, 4) is 11.6 Å². The number of carbonyl (C=O) groups excluding carboxylic acids is 1. The number of rotatable bonds is 4. The first-order valence-corrected chi connectivity index (χ1v) is 8.18. The Bertz CT molecular complexity index is 1010. The minimum Gasteiger partial charge on any atom is -0.438 e. The number of nitrogens with one attached hydrogen (secondary N) is 1. The summed E-state index contributed by atoms with van der Waals surface area (Å²) in [5, 5.41) is 2.05. The summed E-state index contributed by atoms with van der Waals surface area (Å²) in [5.41, 5.74) is -0.762. The molecule has 0 saturated carbocycles. The molecule has 1 N–H and O–H groups in total. The quantitative estimate of drug-likeness (QED) is 0.542. The fraction of sp³-hybridized carbons (Fsp3) is 0.0526.